The molecular formula is C10H21NO2S. The lowest BCUT2D eigenvalue weighted by molar-refractivity contribution is 0.0484. The van der Waals surface area contributed by atoms with Crippen LogP contribution in [0.25, 0.3) is 0 Å². The molecule has 1 aliphatic rings. The first kappa shape index (κ1) is 12.1. The van der Waals surface area contributed by atoms with Gasteiger partial charge in [-0.25, -0.2) is 0 Å². The van der Waals surface area contributed by atoms with Gasteiger partial charge >= 0.3 is 0 Å². The minimum atomic E-state index is -0.688. The van der Waals surface area contributed by atoms with Gasteiger partial charge in [0.15, 0.2) is 0 Å². The van der Waals surface area contributed by atoms with E-state index in [1.165, 1.54) is 0 Å². The lowest BCUT2D eigenvalue weighted by Gasteiger charge is -2.22. The van der Waals surface area contributed by atoms with E-state index < -0.39 is 16.4 Å². The maximum atomic E-state index is 11.1. The van der Waals surface area contributed by atoms with Crippen molar-refractivity contribution < 1.29 is 9.32 Å². The molecule has 0 radical (unpaired) electrons. The number of nitrogens with one attached hydrogen (secondary N) is 1. The zero-order valence-electron chi connectivity index (χ0n) is 8.92. The van der Waals surface area contributed by atoms with E-state index in [1.54, 1.807) is 0 Å². The van der Waals surface area contributed by atoms with Crippen LogP contribution in [0, 0.1) is 0 Å². The molecule has 0 aromatic heterocycles. The topological polar surface area (TPSA) is 49.3 Å². The molecule has 14 heavy (non-hydrogen) atoms. The second-order valence-corrected chi connectivity index (χ2v) is 5.91. The maximum absolute atomic E-state index is 11.1. The summed E-state index contributed by atoms with van der Waals surface area (Å²) in [6.45, 7) is 3.34. The summed E-state index contributed by atoms with van der Waals surface area (Å²) in [5.41, 5.74) is -0.478. The molecule has 1 fully saturated rings. The molecule has 1 saturated carbocycles. The Hall–Kier alpha value is 0.0700. The van der Waals surface area contributed by atoms with Crippen LogP contribution in [0.2, 0.25) is 0 Å². The fourth-order valence-corrected chi connectivity index (χ4v) is 2.52. The molecule has 0 heterocycles. The summed E-state index contributed by atoms with van der Waals surface area (Å²) in [5.74, 6) is 1.43. The Morgan fingerprint density at radius 2 is 2.07 bits per heavy atom. The van der Waals surface area contributed by atoms with Crippen LogP contribution in [0.3, 0.4) is 0 Å². The summed E-state index contributed by atoms with van der Waals surface area (Å²) in [7, 11) is -0.688. The molecule has 0 aromatic carbocycles. The first-order valence-electron chi connectivity index (χ1n) is 5.44. The van der Waals surface area contributed by atoms with Gasteiger partial charge in [0.25, 0.3) is 0 Å². The molecule has 3 nitrogen and oxygen atoms in total. The maximum Gasteiger partial charge on any atom is 0.0771 e. The Morgan fingerprint density at radius 1 is 1.43 bits per heavy atom. The van der Waals surface area contributed by atoms with E-state index in [0.29, 0.717) is 12.3 Å². The van der Waals surface area contributed by atoms with E-state index in [-0.39, 0.29) is 0 Å². The van der Waals surface area contributed by atoms with Gasteiger partial charge in [-0.1, -0.05) is 19.8 Å². The summed E-state index contributed by atoms with van der Waals surface area (Å²) in [4.78, 5) is 0. The lowest BCUT2D eigenvalue weighted by Crippen LogP contribution is -2.39. The molecule has 0 saturated heterocycles. The molecule has 1 aliphatic carbocycles. The van der Waals surface area contributed by atoms with E-state index in [1.807, 2.05) is 6.92 Å². The molecule has 1 unspecified atom stereocenters. The lowest BCUT2D eigenvalue weighted by atomic mass is 10.0. The van der Waals surface area contributed by atoms with Gasteiger partial charge in [0.05, 0.1) is 5.60 Å². The van der Waals surface area contributed by atoms with Crippen LogP contribution in [-0.2, 0) is 10.8 Å². The molecule has 0 aromatic rings. The van der Waals surface area contributed by atoms with Crippen molar-refractivity contribution in [2.75, 3.05) is 24.6 Å². The average Bonchev–Trinajstić information content (AvgIpc) is 2.60. The number of aliphatic hydroxyl groups is 1. The highest BCUT2D eigenvalue weighted by molar-refractivity contribution is 7.84. The van der Waals surface area contributed by atoms with E-state index in [4.69, 9.17) is 0 Å². The van der Waals surface area contributed by atoms with Crippen LogP contribution in [0.5, 0.6) is 0 Å². The van der Waals surface area contributed by atoms with Crippen molar-refractivity contribution in [3.63, 3.8) is 0 Å². The zero-order valence-corrected chi connectivity index (χ0v) is 9.74. The van der Waals surface area contributed by atoms with Crippen LogP contribution in [0.15, 0.2) is 0 Å². The quantitative estimate of drug-likeness (QED) is 0.645. The zero-order chi connectivity index (χ0) is 10.4. The van der Waals surface area contributed by atoms with Crippen molar-refractivity contribution in [2.45, 2.75) is 38.2 Å². The van der Waals surface area contributed by atoms with Gasteiger partial charge < -0.3 is 10.4 Å². The smallest absolute Gasteiger partial charge is 0.0771 e. The third-order valence-corrected chi connectivity index (χ3v) is 4.12. The van der Waals surface area contributed by atoms with Crippen LogP contribution in [0.4, 0.5) is 0 Å². The van der Waals surface area contributed by atoms with E-state index in [0.717, 1.165) is 38.0 Å². The first-order valence-corrected chi connectivity index (χ1v) is 6.93. The van der Waals surface area contributed by atoms with Crippen LogP contribution < -0.4 is 5.32 Å². The molecule has 4 heteroatoms. The summed E-state index contributed by atoms with van der Waals surface area (Å²) in [6.07, 6.45) is 4.10. The molecule has 1 rings (SSSR count). The molecule has 2 N–H and O–H groups in total. The Balaban J connectivity index is 2.06. The van der Waals surface area contributed by atoms with Gasteiger partial charge in [0.1, 0.15) is 0 Å². The Morgan fingerprint density at radius 3 is 2.64 bits per heavy atom. The first-order chi connectivity index (χ1) is 6.66. The molecule has 0 amide bonds. The van der Waals surface area contributed by atoms with Gasteiger partial charge in [-0.15, -0.1) is 0 Å². The van der Waals surface area contributed by atoms with Crippen molar-refractivity contribution in [2.24, 2.45) is 0 Å². The second-order valence-electron chi connectivity index (χ2n) is 4.04. The van der Waals surface area contributed by atoms with Crippen molar-refractivity contribution in [3.8, 4) is 0 Å². The Labute approximate surface area is 88.7 Å². The van der Waals surface area contributed by atoms with Crippen molar-refractivity contribution in [3.05, 3.63) is 0 Å². The predicted molar refractivity (Wildman–Crippen MR) is 59.8 cm³/mol. The number of hydrogen-bond acceptors (Lipinski definition) is 3. The summed E-state index contributed by atoms with van der Waals surface area (Å²) < 4.78 is 11.1. The normalized spacial score (nSPS) is 22.4. The fraction of sp³-hybridized carbons (Fsp3) is 1.00. The fourth-order valence-electron chi connectivity index (χ4n) is 1.86. The minimum Gasteiger partial charge on any atom is -0.389 e. The van der Waals surface area contributed by atoms with Crippen LogP contribution in [-0.4, -0.2) is 39.5 Å². The SMILES string of the molecule is CCS(=O)CCNCC1(O)CCCC1. The molecule has 84 valence electrons. The molecule has 1 atom stereocenters. The summed E-state index contributed by atoms with van der Waals surface area (Å²) in [6, 6.07) is 0. The monoisotopic (exact) mass is 219 g/mol. The van der Waals surface area contributed by atoms with E-state index >= 15 is 0 Å². The molecule has 0 bridgehead atoms. The average molecular weight is 219 g/mol. The Kier molecular flexibility index (Phi) is 5.06. The van der Waals surface area contributed by atoms with Crippen molar-refractivity contribution in [1.82, 2.24) is 5.32 Å². The van der Waals surface area contributed by atoms with Crippen molar-refractivity contribution >= 4 is 10.8 Å². The van der Waals surface area contributed by atoms with E-state index in [2.05, 4.69) is 5.32 Å². The summed E-state index contributed by atoms with van der Waals surface area (Å²) >= 11 is 0. The third-order valence-electron chi connectivity index (χ3n) is 2.82. The van der Waals surface area contributed by atoms with Crippen LogP contribution in [0.1, 0.15) is 32.6 Å². The highest BCUT2D eigenvalue weighted by Gasteiger charge is 2.30. The van der Waals surface area contributed by atoms with Crippen LogP contribution >= 0.6 is 0 Å². The van der Waals surface area contributed by atoms with Gasteiger partial charge in [-0.3, -0.25) is 4.21 Å². The highest BCUT2D eigenvalue weighted by atomic mass is 32.2. The second kappa shape index (κ2) is 5.83. The third kappa shape index (κ3) is 4.07. The molecular weight excluding hydrogens is 198 g/mol. The van der Waals surface area contributed by atoms with Gasteiger partial charge in [0, 0.05) is 35.4 Å². The van der Waals surface area contributed by atoms with E-state index in [9.17, 15) is 9.32 Å². The summed E-state index contributed by atoms with van der Waals surface area (Å²) in [5, 5.41) is 13.2. The highest BCUT2D eigenvalue weighted by Crippen LogP contribution is 2.28. The largest absolute Gasteiger partial charge is 0.389 e. The predicted octanol–water partition coefficient (Wildman–Crippen LogP) is 0.650. The van der Waals surface area contributed by atoms with Crippen molar-refractivity contribution in [1.29, 1.82) is 0 Å². The number of rotatable bonds is 6. The van der Waals surface area contributed by atoms with Gasteiger partial charge in [-0.05, 0) is 12.8 Å². The molecule has 0 aliphatic heterocycles. The number of hydrogen-bond donors (Lipinski definition) is 2. The van der Waals surface area contributed by atoms with Gasteiger partial charge in [-0.2, -0.15) is 0 Å². The van der Waals surface area contributed by atoms with Gasteiger partial charge in [0.2, 0.25) is 0 Å². The molecule has 0 spiro atoms. The standard InChI is InChI=1S/C10H21NO2S/c1-2-14(13)8-7-11-9-10(12)5-3-4-6-10/h11-12H,2-9H2,1H3. The minimum absolute atomic E-state index is 0.478. The Bertz CT molecular complexity index is 191.